The molecule has 1 saturated heterocycles. The van der Waals surface area contributed by atoms with Gasteiger partial charge in [0.1, 0.15) is 0 Å². The fourth-order valence-corrected chi connectivity index (χ4v) is 4.58. The predicted octanol–water partition coefficient (Wildman–Crippen LogP) is 2.40. The van der Waals surface area contributed by atoms with Crippen molar-refractivity contribution in [2.75, 3.05) is 27.6 Å². The lowest BCUT2D eigenvalue weighted by molar-refractivity contribution is -0.141. The van der Waals surface area contributed by atoms with E-state index in [4.69, 9.17) is 23.7 Å². The van der Waals surface area contributed by atoms with E-state index in [0.717, 1.165) is 16.7 Å². The zero-order chi connectivity index (χ0) is 19.4. The molecule has 2 aromatic rings. The summed E-state index contributed by atoms with van der Waals surface area (Å²) in [6.07, 6.45) is -0.808. The number of methoxy groups -OCH3 is 2. The monoisotopic (exact) mass is 384 g/mol. The molecule has 7 heteroatoms. The van der Waals surface area contributed by atoms with E-state index in [1.807, 2.05) is 30.3 Å². The Morgan fingerprint density at radius 1 is 0.964 bits per heavy atom. The van der Waals surface area contributed by atoms with Gasteiger partial charge in [0, 0.05) is 11.8 Å². The minimum absolute atomic E-state index is 0.143. The highest BCUT2D eigenvalue weighted by molar-refractivity contribution is 5.78. The van der Waals surface area contributed by atoms with E-state index >= 15 is 0 Å². The molecule has 7 nitrogen and oxygen atoms in total. The second-order valence-electron chi connectivity index (χ2n) is 7.19. The van der Waals surface area contributed by atoms with Crippen molar-refractivity contribution in [3.05, 3.63) is 47.0 Å². The van der Waals surface area contributed by atoms with Crippen molar-refractivity contribution in [2.45, 2.75) is 12.0 Å². The maximum absolute atomic E-state index is 12.6. The number of esters is 1. The fourth-order valence-electron chi connectivity index (χ4n) is 4.58. The van der Waals surface area contributed by atoms with Crippen LogP contribution in [-0.2, 0) is 9.53 Å². The molecule has 5 rings (SSSR count). The smallest absolute Gasteiger partial charge is 0.310 e. The molecular formula is C21H20O7. The van der Waals surface area contributed by atoms with E-state index < -0.39 is 12.0 Å². The average molecular weight is 384 g/mol. The van der Waals surface area contributed by atoms with Gasteiger partial charge in [0.25, 0.3) is 0 Å². The second-order valence-corrected chi connectivity index (χ2v) is 7.19. The molecule has 0 amide bonds. The van der Waals surface area contributed by atoms with E-state index in [-0.39, 0.29) is 31.2 Å². The molecule has 1 aliphatic carbocycles. The number of benzene rings is 2. The molecule has 0 aromatic heterocycles. The van der Waals surface area contributed by atoms with E-state index in [2.05, 4.69) is 0 Å². The Kier molecular flexibility index (Phi) is 3.87. The molecule has 2 heterocycles. The van der Waals surface area contributed by atoms with Gasteiger partial charge in [0.15, 0.2) is 23.0 Å². The van der Waals surface area contributed by atoms with Gasteiger partial charge < -0.3 is 28.8 Å². The Morgan fingerprint density at radius 2 is 1.68 bits per heavy atom. The Morgan fingerprint density at radius 3 is 2.39 bits per heavy atom. The Balaban J connectivity index is 1.71. The second kappa shape index (κ2) is 6.31. The molecule has 0 radical (unpaired) electrons. The zero-order valence-electron chi connectivity index (χ0n) is 15.5. The van der Waals surface area contributed by atoms with E-state index in [9.17, 15) is 9.90 Å². The number of fused-ring (bicyclic) bond motifs is 3. The van der Waals surface area contributed by atoms with Gasteiger partial charge in [-0.15, -0.1) is 0 Å². The SMILES string of the molecule is COc1ccc(C2c3cc4c(cc3C(O)C3COC(=O)C23)OCO4)cc1OC. The number of cyclic esters (lactones) is 1. The first-order chi connectivity index (χ1) is 13.6. The highest BCUT2D eigenvalue weighted by Gasteiger charge is 2.52. The molecular weight excluding hydrogens is 364 g/mol. The minimum atomic E-state index is -0.808. The molecule has 4 unspecified atom stereocenters. The third-order valence-electron chi connectivity index (χ3n) is 5.91. The summed E-state index contributed by atoms with van der Waals surface area (Å²) in [5, 5.41) is 11.0. The summed E-state index contributed by atoms with van der Waals surface area (Å²) >= 11 is 0. The lowest BCUT2D eigenvalue weighted by Gasteiger charge is -2.36. The van der Waals surface area contributed by atoms with Crippen molar-refractivity contribution in [3.8, 4) is 23.0 Å². The van der Waals surface area contributed by atoms with Crippen LogP contribution in [-0.4, -0.2) is 38.7 Å². The quantitative estimate of drug-likeness (QED) is 0.814. The van der Waals surface area contributed by atoms with Crippen LogP contribution in [0.1, 0.15) is 28.7 Å². The fraction of sp³-hybridized carbons (Fsp3) is 0.381. The van der Waals surface area contributed by atoms with Crippen molar-refractivity contribution >= 4 is 5.97 Å². The van der Waals surface area contributed by atoms with E-state index in [1.165, 1.54) is 0 Å². The number of aliphatic hydroxyl groups is 1. The van der Waals surface area contributed by atoms with Crippen molar-refractivity contribution < 1.29 is 33.6 Å². The number of rotatable bonds is 3. The number of carbonyl (C=O) groups is 1. The summed E-state index contributed by atoms with van der Waals surface area (Å²) in [6, 6.07) is 9.29. The Hall–Kier alpha value is -2.93. The van der Waals surface area contributed by atoms with Crippen LogP contribution in [0.5, 0.6) is 23.0 Å². The standard InChI is InChI=1S/C21H20O7/c1-24-14-4-3-10(5-15(14)25-2)18-11-6-16-17(28-9-27-16)7-12(11)20(22)13-8-26-21(23)19(13)18/h3-7,13,18-20,22H,8-9H2,1-2H3. The third kappa shape index (κ3) is 2.36. The normalized spacial score (nSPS) is 27.0. The van der Waals surface area contributed by atoms with Crippen molar-refractivity contribution in [1.29, 1.82) is 0 Å². The van der Waals surface area contributed by atoms with E-state index in [1.54, 1.807) is 14.2 Å². The highest BCUT2D eigenvalue weighted by Crippen LogP contribution is 2.54. The third-order valence-corrected chi connectivity index (χ3v) is 5.91. The molecule has 2 aliphatic heterocycles. The summed E-state index contributed by atoms with van der Waals surface area (Å²) in [7, 11) is 3.15. The first-order valence-corrected chi connectivity index (χ1v) is 9.12. The first kappa shape index (κ1) is 17.2. The zero-order valence-corrected chi connectivity index (χ0v) is 15.5. The van der Waals surface area contributed by atoms with Crippen LogP contribution in [0, 0.1) is 11.8 Å². The van der Waals surface area contributed by atoms with Gasteiger partial charge in [0.05, 0.1) is 32.8 Å². The van der Waals surface area contributed by atoms with Crippen LogP contribution < -0.4 is 18.9 Å². The Labute approximate surface area is 161 Å². The van der Waals surface area contributed by atoms with Gasteiger partial charge >= 0.3 is 5.97 Å². The molecule has 1 fully saturated rings. The minimum Gasteiger partial charge on any atom is -0.493 e. The summed E-state index contributed by atoms with van der Waals surface area (Å²) in [6.45, 7) is 0.340. The molecule has 0 spiro atoms. The molecule has 0 saturated carbocycles. The molecule has 28 heavy (non-hydrogen) atoms. The molecule has 3 aliphatic rings. The lowest BCUT2D eigenvalue weighted by Crippen LogP contribution is -2.34. The van der Waals surface area contributed by atoms with Crippen LogP contribution in [0.3, 0.4) is 0 Å². The van der Waals surface area contributed by atoms with Crippen LogP contribution >= 0.6 is 0 Å². The molecule has 1 N–H and O–H groups in total. The average Bonchev–Trinajstić information content (AvgIpc) is 3.33. The maximum atomic E-state index is 12.6. The van der Waals surface area contributed by atoms with Gasteiger partial charge in [-0.25, -0.2) is 0 Å². The predicted molar refractivity (Wildman–Crippen MR) is 96.9 cm³/mol. The van der Waals surface area contributed by atoms with Crippen molar-refractivity contribution in [1.82, 2.24) is 0 Å². The van der Waals surface area contributed by atoms with Crippen LogP contribution in [0.15, 0.2) is 30.3 Å². The van der Waals surface area contributed by atoms with Crippen molar-refractivity contribution in [2.24, 2.45) is 11.8 Å². The summed E-state index contributed by atoms with van der Waals surface area (Å²) in [5.74, 6) is 1.00. The number of hydrogen-bond acceptors (Lipinski definition) is 7. The lowest BCUT2D eigenvalue weighted by atomic mass is 9.66. The number of ether oxygens (including phenoxy) is 5. The van der Waals surface area contributed by atoms with Crippen LogP contribution in [0.2, 0.25) is 0 Å². The molecule has 4 atom stereocenters. The topological polar surface area (TPSA) is 83.5 Å². The van der Waals surface area contributed by atoms with Crippen LogP contribution in [0.4, 0.5) is 0 Å². The summed E-state index contributed by atoms with van der Waals surface area (Å²) < 4.78 is 27.2. The Bertz CT molecular complexity index is 954. The maximum Gasteiger partial charge on any atom is 0.310 e. The molecule has 2 aromatic carbocycles. The summed E-state index contributed by atoms with van der Waals surface area (Å²) in [4.78, 5) is 12.6. The number of hydrogen-bond donors (Lipinski definition) is 1. The van der Waals surface area contributed by atoms with Crippen molar-refractivity contribution in [3.63, 3.8) is 0 Å². The van der Waals surface area contributed by atoms with Gasteiger partial charge in [-0.2, -0.15) is 0 Å². The van der Waals surface area contributed by atoms with Gasteiger partial charge in [-0.1, -0.05) is 6.07 Å². The van der Waals surface area contributed by atoms with Gasteiger partial charge in [-0.05, 0) is 41.0 Å². The first-order valence-electron chi connectivity index (χ1n) is 9.12. The van der Waals surface area contributed by atoms with E-state index in [0.29, 0.717) is 23.0 Å². The number of aliphatic hydroxyl groups excluding tert-OH is 1. The highest BCUT2D eigenvalue weighted by atomic mass is 16.7. The molecule has 0 bridgehead atoms. The number of carbonyl (C=O) groups excluding carboxylic acids is 1. The largest absolute Gasteiger partial charge is 0.493 e. The van der Waals surface area contributed by atoms with Gasteiger partial charge in [0.2, 0.25) is 6.79 Å². The summed E-state index contributed by atoms with van der Waals surface area (Å²) in [5.41, 5.74) is 2.46. The van der Waals surface area contributed by atoms with Gasteiger partial charge in [-0.3, -0.25) is 4.79 Å². The van der Waals surface area contributed by atoms with Crippen LogP contribution in [0.25, 0.3) is 0 Å². The molecule has 146 valence electrons.